The van der Waals surface area contributed by atoms with Gasteiger partial charge in [0.25, 0.3) is 0 Å². The van der Waals surface area contributed by atoms with Crippen LogP contribution in [0.2, 0.25) is 0 Å². The molecule has 0 aliphatic heterocycles. The van der Waals surface area contributed by atoms with Gasteiger partial charge in [-0.1, -0.05) is 35.5 Å². The zero-order valence-corrected chi connectivity index (χ0v) is 12.6. The van der Waals surface area contributed by atoms with Crippen LogP contribution >= 0.6 is 0 Å². The molecule has 0 atom stereocenters. The Morgan fingerprint density at radius 1 is 0.913 bits per heavy atom. The molecule has 0 radical (unpaired) electrons. The van der Waals surface area contributed by atoms with Gasteiger partial charge in [-0.25, -0.2) is 0 Å². The molecular formula is C18H18N2O3. The molecule has 0 saturated heterocycles. The van der Waals surface area contributed by atoms with Crippen LogP contribution in [0.1, 0.15) is 5.69 Å². The third-order valence-electron chi connectivity index (χ3n) is 3.27. The van der Waals surface area contributed by atoms with E-state index in [-0.39, 0.29) is 0 Å². The van der Waals surface area contributed by atoms with Gasteiger partial charge in [0.1, 0.15) is 24.7 Å². The van der Waals surface area contributed by atoms with Gasteiger partial charge in [0.05, 0.1) is 11.3 Å². The van der Waals surface area contributed by atoms with Gasteiger partial charge in [-0.2, -0.15) is 0 Å². The summed E-state index contributed by atoms with van der Waals surface area (Å²) in [5, 5.41) is 3.91. The second-order valence-electron chi connectivity index (χ2n) is 4.89. The summed E-state index contributed by atoms with van der Waals surface area (Å²) < 4.78 is 16.7. The lowest BCUT2D eigenvalue weighted by Gasteiger charge is -2.10. The Bertz CT molecular complexity index is 741. The maximum atomic E-state index is 5.81. The number of aromatic nitrogens is 1. The van der Waals surface area contributed by atoms with Crippen molar-refractivity contribution in [3.8, 4) is 22.8 Å². The number of nitrogens with zero attached hydrogens (tertiary/aromatic N) is 1. The summed E-state index contributed by atoms with van der Waals surface area (Å²) in [7, 11) is 0. The summed E-state index contributed by atoms with van der Waals surface area (Å²) >= 11 is 0. The molecule has 3 rings (SSSR count). The molecule has 23 heavy (non-hydrogen) atoms. The van der Waals surface area contributed by atoms with Crippen LogP contribution in [0.5, 0.6) is 11.5 Å². The molecule has 0 spiro atoms. The van der Waals surface area contributed by atoms with E-state index in [0.29, 0.717) is 31.2 Å². The monoisotopic (exact) mass is 310 g/mol. The highest BCUT2D eigenvalue weighted by atomic mass is 16.5. The van der Waals surface area contributed by atoms with E-state index in [2.05, 4.69) is 5.16 Å². The molecule has 0 fully saturated rings. The quantitative estimate of drug-likeness (QED) is 0.678. The Morgan fingerprint density at radius 3 is 2.43 bits per heavy atom. The average molecular weight is 310 g/mol. The van der Waals surface area contributed by atoms with E-state index in [1.165, 1.54) is 0 Å². The highest BCUT2D eigenvalue weighted by Gasteiger charge is 2.11. The van der Waals surface area contributed by atoms with Crippen molar-refractivity contribution in [1.29, 1.82) is 0 Å². The van der Waals surface area contributed by atoms with Gasteiger partial charge in [0.15, 0.2) is 5.76 Å². The first-order chi connectivity index (χ1) is 11.4. The molecule has 5 heteroatoms. The van der Waals surface area contributed by atoms with E-state index in [9.17, 15) is 0 Å². The van der Waals surface area contributed by atoms with E-state index in [4.69, 9.17) is 19.7 Å². The predicted molar refractivity (Wildman–Crippen MR) is 87.3 cm³/mol. The Hall–Kier alpha value is -2.79. The molecule has 118 valence electrons. The Morgan fingerprint density at radius 2 is 1.65 bits per heavy atom. The highest BCUT2D eigenvalue weighted by Crippen LogP contribution is 2.30. The van der Waals surface area contributed by atoms with E-state index < -0.39 is 0 Å². The van der Waals surface area contributed by atoms with Crippen LogP contribution in [0, 0.1) is 0 Å². The molecule has 0 aliphatic carbocycles. The Kier molecular flexibility index (Phi) is 4.91. The minimum Gasteiger partial charge on any atom is -0.490 e. The topological polar surface area (TPSA) is 70.5 Å². The summed E-state index contributed by atoms with van der Waals surface area (Å²) in [6.07, 6.45) is 0. The van der Waals surface area contributed by atoms with Crippen LogP contribution in [0.15, 0.2) is 65.2 Å². The normalized spacial score (nSPS) is 10.5. The van der Waals surface area contributed by atoms with E-state index >= 15 is 0 Å². The minimum atomic E-state index is 0.345. The third kappa shape index (κ3) is 3.90. The molecule has 0 bridgehead atoms. The molecule has 1 heterocycles. The fourth-order valence-electron chi connectivity index (χ4n) is 2.16. The number of benzene rings is 2. The first-order valence-electron chi connectivity index (χ1n) is 7.42. The van der Waals surface area contributed by atoms with Crippen molar-refractivity contribution in [2.24, 2.45) is 5.73 Å². The first kappa shape index (κ1) is 15.1. The highest BCUT2D eigenvalue weighted by molar-refractivity contribution is 5.65. The SMILES string of the molecule is NCc1cc(-c2ccccc2OCCOc2ccccc2)on1. The number of rotatable bonds is 7. The molecular weight excluding hydrogens is 292 g/mol. The van der Waals surface area contributed by atoms with Crippen LogP contribution in [-0.2, 0) is 6.54 Å². The molecule has 1 aromatic heterocycles. The number of ether oxygens (including phenoxy) is 2. The number of hydrogen-bond acceptors (Lipinski definition) is 5. The lowest BCUT2D eigenvalue weighted by molar-refractivity contribution is 0.217. The minimum absolute atomic E-state index is 0.345. The molecule has 2 aromatic carbocycles. The van der Waals surface area contributed by atoms with Crippen LogP contribution in [-0.4, -0.2) is 18.4 Å². The summed E-state index contributed by atoms with van der Waals surface area (Å²) in [5.41, 5.74) is 7.12. The Balaban J connectivity index is 1.62. The van der Waals surface area contributed by atoms with Crippen molar-refractivity contribution >= 4 is 0 Å². The molecule has 3 aromatic rings. The van der Waals surface area contributed by atoms with Crippen LogP contribution in [0.3, 0.4) is 0 Å². The smallest absolute Gasteiger partial charge is 0.170 e. The van der Waals surface area contributed by atoms with Crippen molar-refractivity contribution < 1.29 is 14.0 Å². The van der Waals surface area contributed by atoms with Gasteiger partial charge in [-0.3, -0.25) is 0 Å². The van der Waals surface area contributed by atoms with Crippen molar-refractivity contribution in [2.75, 3.05) is 13.2 Å². The van der Waals surface area contributed by atoms with Crippen molar-refractivity contribution in [1.82, 2.24) is 5.16 Å². The molecule has 0 unspecified atom stereocenters. The Labute approximate surface area is 134 Å². The summed E-state index contributed by atoms with van der Waals surface area (Å²) in [4.78, 5) is 0. The van der Waals surface area contributed by atoms with Crippen molar-refractivity contribution in [3.05, 3.63) is 66.4 Å². The van der Waals surface area contributed by atoms with E-state index in [1.54, 1.807) is 0 Å². The van der Waals surface area contributed by atoms with Crippen LogP contribution in [0.4, 0.5) is 0 Å². The zero-order chi connectivity index (χ0) is 15.9. The second kappa shape index (κ2) is 7.47. The fraction of sp³-hybridized carbons (Fsp3) is 0.167. The molecule has 0 amide bonds. The lowest BCUT2D eigenvalue weighted by Crippen LogP contribution is -2.09. The number of hydrogen-bond donors (Lipinski definition) is 1. The molecule has 5 nitrogen and oxygen atoms in total. The average Bonchev–Trinajstić information content (AvgIpc) is 3.09. The van der Waals surface area contributed by atoms with Crippen LogP contribution < -0.4 is 15.2 Å². The van der Waals surface area contributed by atoms with Crippen molar-refractivity contribution in [3.63, 3.8) is 0 Å². The second-order valence-corrected chi connectivity index (χ2v) is 4.89. The fourth-order valence-corrected chi connectivity index (χ4v) is 2.16. The third-order valence-corrected chi connectivity index (χ3v) is 3.27. The predicted octanol–water partition coefficient (Wildman–Crippen LogP) is 3.26. The van der Waals surface area contributed by atoms with E-state index in [1.807, 2.05) is 60.7 Å². The van der Waals surface area contributed by atoms with Gasteiger partial charge in [-0.15, -0.1) is 0 Å². The summed E-state index contributed by atoms with van der Waals surface area (Å²) in [6.45, 7) is 1.24. The van der Waals surface area contributed by atoms with Crippen LogP contribution in [0.25, 0.3) is 11.3 Å². The van der Waals surface area contributed by atoms with Gasteiger partial charge < -0.3 is 19.7 Å². The zero-order valence-electron chi connectivity index (χ0n) is 12.6. The summed E-state index contributed by atoms with van der Waals surface area (Å²) in [5.74, 6) is 2.20. The largest absolute Gasteiger partial charge is 0.490 e. The number of nitrogens with two attached hydrogens (primary N) is 1. The molecule has 0 aliphatic rings. The lowest BCUT2D eigenvalue weighted by atomic mass is 10.1. The van der Waals surface area contributed by atoms with Crippen molar-refractivity contribution in [2.45, 2.75) is 6.54 Å². The van der Waals surface area contributed by atoms with Gasteiger partial charge in [0.2, 0.25) is 0 Å². The van der Waals surface area contributed by atoms with Gasteiger partial charge in [-0.05, 0) is 24.3 Å². The summed E-state index contributed by atoms with van der Waals surface area (Å²) in [6, 6.07) is 19.1. The maximum absolute atomic E-state index is 5.81. The first-order valence-corrected chi connectivity index (χ1v) is 7.42. The van der Waals surface area contributed by atoms with E-state index in [0.717, 1.165) is 17.1 Å². The maximum Gasteiger partial charge on any atom is 0.170 e. The standard InChI is InChI=1S/C18H18N2O3/c19-13-14-12-18(23-20-14)16-8-4-5-9-17(16)22-11-10-21-15-6-2-1-3-7-15/h1-9,12H,10-11,13,19H2. The molecule has 0 saturated carbocycles. The van der Waals surface area contributed by atoms with Gasteiger partial charge in [0, 0.05) is 12.6 Å². The van der Waals surface area contributed by atoms with Gasteiger partial charge >= 0.3 is 0 Å². The molecule has 2 N–H and O–H groups in total. The number of para-hydroxylation sites is 2.